The molecule has 0 aliphatic carbocycles. The van der Waals surface area contributed by atoms with Gasteiger partial charge in [0, 0.05) is 74.5 Å². The monoisotopic (exact) mass is 624 g/mol. The van der Waals surface area contributed by atoms with Gasteiger partial charge in [-0.05, 0) is 78.9 Å². The molecular weight excluding hydrogens is 597 g/mol. The van der Waals surface area contributed by atoms with Gasteiger partial charge in [0.1, 0.15) is 0 Å². The van der Waals surface area contributed by atoms with Crippen LogP contribution in [0.3, 0.4) is 0 Å². The standard InChI is InChI=1S/C42H28N2S2/c1-3-12-29(13-4-1)43(33-22-24-37-35-18-7-9-20-39(35)45-41(37)27-33)31-16-11-17-32(26-31)44(30-14-5-2-6-15-30)34-23-25-38-36-19-8-10-21-40(36)46-42(38)28-34/h1-28H. The molecule has 46 heavy (non-hydrogen) atoms. The molecule has 0 aliphatic heterocycles. The highest BCUT2D eigenvalue weighted by atomic mass is 32.1. The lowest BCUT2D eigenvalue weighted by molar-refractivity contribution is 1.25. The van der Waals surface area contributed by atoms with E-state index in [1.165, 1.54) is 40.3 Å². The van der Waals surface area contributed by atoms with Crippen LogP contribution in [0.15, 0.2) is 170 Å². The zero-order valence-electron chi connectivity index (χ0n) is 24.9. The number of benzene rings is 7. The van der Waals surface area contributed by atoms with Gasteiger partial charge in [0.15, 0.2) is 0 Å². The minimum atomic E-state index is 1.10. The summed E-state index contributed by atoms with van der Waals surface area (Å²) in [5.41, 5.74) is 6.73. The van der Waals surface area contributed by atoms with Crippen LogP contribution in [0.5, 0.6) is 0 Å². The second-order valence-electron chi connectivity index (χ2n) is 11.4. The Bertz CT molecular complexity index is 2320. The summed E-state index contributed by atoms with van der Waals surface area (Å²) in [6, 6.07) is 61.4. The highest BCUT2D eigenvalue weighted by Crippen LogP contribution is 2.44. The fraction of sp³-hybridized carbons (Fsp3) is 0. The van der Waals surface area contributed by atoms with Crippen LogP contribution in [-0.2, 0) is 0 Å². The van der Waals surface area contributed by atoms with Crippen molar-refractivity contribution in [3.8, 4) is 0 Å². The van der Waals surface area contributed by atoms with Crippen LogP contribution in [0.1, 0.15) is 0 Å². The maximum atomic E-state index is 2.37. The van der Waals surface area contributed by atoms with Crippen molar-refractivity contribution in [2.24, 2.45) is 0 Å². The van der Waals surface area contributed by atoms with Gasteiger partial charge in [-0.15, -0.1) is 22.7 Å². The molecule has 0 atom stereocenters. The first kappa shape index (κ1) is 26.9. The van der Waals surface area contributed by atoms with Crippen molar-refractivity contribution in [3.63, 3.8) is 0 Å². The average molecular weight is 625 g/mol. The summed E-state index contributed by atoms with van der Waals surface area (Å²) in [6.07, 6.45) is 0. The Hall–Kier alpha value is -5.42. The number of hydrogen-bond donors (Lipinski definition) is 0. The van der Waals surface area contributed by atoms with Crippen molar-refractivity contribution in [3.05, 3.63) is 170 Å². The summed E-state index contributed by atoms with van der Waals surface area (Å²) in [7, 11) is 0. The molecule has 0 amide bonds. The molecule has 0 radical (unpaired) electrons. The van der Waals surface area contributed by atoms with Gasteiger partial charge in [0.2, 0.25) is 0 Å². The summed E-state index contributed by atoms with van der Waals surface area (Å²) in [4.78, 5) is 4.73. The van der Waals surface area contributed by atoms with E-state index >= 15 is 0 Å². The van der Waals surface area contributed by atoms with Gasteiger partial charge in [0.25, 0.3) is 0 Å². The lowest BCUT2D eigenvalue weighted by Crippen LogP contribution is -2.13. The molecule has 0 fully saturated rings. The highest BCUT2D eigenvalue weighted by molar-refractivity contribution is 7.26. The van der Waals surface area contributed by atoms with Gasteiger partial charge < -0.3 is 9.80 Å². The highest BCUT2D eigenvalue weighted by Gasteiger charge is 2.19. The summed E-state index contributed by atoms with van der Waals surface area (Å²) in [5.74, 6) is 0. The van der Waals surface area contributed by atoms with Crippen LogP contribution in [-0.4, -0.2) is 0 Å². The maximum Gasteiger partial charge on any atom is 0.0482 e. The van der Waals surface area contributed by atoms with Gasteiger partial charge in [-0.25, -0.2) is 0 Å². The lowest BCUT2D eigenvalue weighted by Gasteiger charge is -2.29. The number of fused-ring (bicyclic) bond motifs is 6. The van der Waals surface area contributed by atoms with Crippen LogP contribution in [0.25, 0.3) is 40.3 Å². The molecule has 0 saturated heterocycles. The van der Waals surface area contributed by atoms with Crippen molar-refractivity contribution >= 4 is 97.1 Å². The van der Waals surface area contributed by atoms with E-state index in [4.69, 9.17) is 0 Å². The predicted octanol–water partition coefficient (Wildman–Crippen LogP) is 13.4. The van der Waals surface area contributed by atoms with E-state index in [-0.39, 0.29) is 0 Å². The molecule has 0 saturated carbocycles. The molecule has 0 spiro atoms. The van der Waals surface area contributed by atoms with E-state index in [9.17, 15) is 0 Å². The number of anilines is 6. The minimum Gasteiger partial charge on any atom is -0.310 e. The van der Waals surface area contributed by atoms with E-state index < -0.39 is 0 Å². The molecule has 9 aromatic rings. The molecule has 2 aromatic heterocycles. The molecule has 218 valence electrons. The van der Waals surface area contributed by atoms with Crippen molar-refractivity contribution < 1.29 is 0 Å². The van der Waals surface area contributed by atoms with E-state index in [1.54, 1.807) is 0 Å². The lowest BCUT2D eigenvalue weighted by atomic mass is 10.1. The zero-order valence-corrected chi connectivity index (χ0v) is 26.5. The van der Waals surface area contributed by atoms with Crippen molar-refractivity contribution in [1.82, 2.24) is 0 Å². The van der Waals surface area contributed by atoms with E-state index in [0.717, 1.165) is 34.1 Å². The third-order valence-corrected chi connectivity index (χ3v) is 10.9. The van der Waals surface area contributed by atoms with Crippen LogP contribution >= 0.6 is 22.7 Å². The quantitative estimate of drug-likeness (QED) is 0.182. The first-order valence-electron chi connectivity index (χ1n) is 15.4. The number of hydrogen-bond acceptors (Lipinski definition) is 4. The van der Waals surface area contributed by atoms with Crippen LogP contribution in [0.2, 0.25) is 0 Å². The Morgan fingerprint density at radius 2 is 0.630 bits per heavy atom. The van der Waals surface area contributed by atoms with E-state index in [2.05, 4.69) is 180 Å². The smallest absolute Gasteiger partial charge is 0.0482 e. The number of rotatable bonds is 6. The topological polar surface area (TPSA) is 6.48 Å². The Labute approximate surface area is 275 Å². The molecular formula is C42H28N2S2. The largest absolute Gasteiger partial charge is 0.310 e. The summed E-state index contributed by atoms with van der Waals surface area (Å²) < 4.78 is 5.21. The molecule has 0 unspecified atom stereocenters. The van der Waals surface area contributed by atoms with Gasteiger partial charge in [-0.2, -0.15) is 0 Å². The first-order valence-corrected chi connectivity index (χ1v) is 17.1. The Balaban J connectivity index is 1.20. The molecule has 0 N–H and O–H groups in total. The SMILES string of the molecule is c1ccc(N(c2cccc(N(c3ccccc3)c3ccc4c(c3)sc3ccccc34)c2)c2ccc3c(c2)sc2ccccc23)cc1. The minimum absolute atomic E-state index is 1.10. The van der Waals surface area contributed by atoms with Gasteiger partial charge in [0.05, 0.1) is 0 Å². The second kappa shape index (κ2) is 11.2. The Morgan fingerprint density at radius 3 is 1.11 bits per heavy atom. The summed E-state index contributed by atoms with van der Waals surface area (Å²) in [6.45, 7) is 0. The predicted molar refractivity (Wildman–Crippen MR) is 202 cm³/mol. The Morgan fingerprint density at radius 1 is 0.261 bits per heavy atom. The number of para-hydroxylation sites is 2. The Kier molecular flexibility index (Phi) is 6.55. The first-order chi connectivity index (χ1) is 22.8. The number of nitrogens with zero attached hydrogens (tertiary/aromatic N) is 2. The van der Waals surface area contributed by atoms with Crippen molar-refractivity contribution in [2.45, 2.75) is 0 Å². The zero-order chi connectivity index (χ0) is 30.5. The molecule has 2 heterocycles. The van der Waals surface area contributed by atoms with E-state index in [0.29, 0.717) is 0 Å². The van der Waals surface area contributed by atoms with Crippen molar-refractivity contribution in [2.75, 3.05) is 9.80 Å². The summed E-state index contributed by atoms with van der Waals surface area (Å²) in [5, 5.41) is 5.24. The number of thiophene rings is 2. The third kappa shape index (κ3) is 4.62. The molecule has 0 bridgehead atoms. The maximum absolute atomic E-state index is 2.37. The summed E-state index contributed by atoms with van der Waals surface area (Å²) >= 11 is 3.71. The fourth-order valence-electron chi connectivity index (χ4n) is 6.53. The molecule has 9 rings (SSSR count). The van der Waals surface area contributed by atoms with Gasteiger partial charge in [-0.3, -0.25) is 0 Å². The van der Waals surface area contributed by atoms with Crippen LogP contribution in [0, 0.1) is 0 Å². The van der Waals surface area contributed by atoms with Crippen molar-refractivity contribution in [1.29, 1.82) is 0 Å². The van der Waals surface area contributed by atoms with Gasteiger partial charge >= 0.3 is 0 Å². The van der Waals surface area contributed by atoms with Gasteiger partial charge in [-0.1, -0.05) is 91.0 Å². The molecule has 7 aromatic carbocycles. The third-order valence-electron chi connectivity index (χ3n) is 8.62. The normalized spacial score (nSPS) is 11.5. The molecule has 2 nitrogen and oxygen atoms in total. The fourth-order valence-corrected chi connectivity index (χ4v) is 8.81. The molecule has 0 aliphatic rings. The average Bonchev–Trinajstić information content (AvgIpc) is 3.67. The van der Waals surface area contributed by atoms with Crippen LogP contribution < -0.4 is 9.80 Å². The van der Waals surface area contributed by atoms with E-state index in [1.807, 2.05) is 22.7 Å². The second-order valence-corrected chi connectivity index (χ2v) is 13.6. The van der Waals surface area contributed by atoms with Crippen LogP contribution in [0.4, 0.5) is 34.1 Å². The molecule has 4 heteroatoms.